The Balaban J connectivity index is 0.00000363. The van der Waals surface area contributed by atoms with Gasteiger partial charge in [-0.25, -0.2) is 0 Å². The van der Waals surface area contributed by atoms with Gasteiger partial charge in [-0.15, -0.1) is 12.4 Å². The molecule has 0 bridgehead atoms. The summed E-state index contributed by atoms with van der Waals surface area (Å²) in [5.74, 6) is 0.922. The molecule has 0 aliphatic heterocycles. The molecule has 1 atom stereocenters. The average molecular weight is 455 g/mol. The van der Waals surface area contributed by atoms with E-state index in [1.165, 1.54) is 0 Å². The number of nitrogen functional groups attached to an aromatic ring is 1. The van der Waals surface area contributed by atoms with Crippen LogP contribution in [0.15, 0.2) is 72.8 Å². The summed E-state index contributed by atoms with van der Waals surface area (Å²) >= 11 is 0. The largest absolute Gasteiger partial charge is 0.493 e. The average Bonchev–Trinajstić information content (AvgIpc) is 2.81. The van der Waals surface area contributed by atoms with Crippen LogP contribution in [0.1, 0.15) is 22.7 Å². The molecule has 0 aromatic heterocycles. The third-order valence-corrected chi connectivity index (χ3v) is 4.82. The molecule has 3 rings (SSSR count). The molecule has 7 nitrogen and oxygen atoms in total. The number of amidine groups is 1. The minimum Gasteiger partial charge on any atom is -0.493 e. The van der Waals surface area contributed by atoms with Crippen LogP contribution in [0.4, 0.5) is 5.69 Å². The first-order chi connectivity index (χ1) is 15.0. The maximum absolute atomic E-state index is 13.2. The Morgan fingerprint density at radius 1 is 0.969 bits per heavy atom. The van der Waals surface area contributed by atoms with Crippen molar-refractivity contribution in [3.8, 4) is 11.5 Å². The van der Waals surface area contributed by atoms with Crippen LogP contribution in [0.3, 0.4) is 0 Å². The minimum atomic E-state index is -0.674. The van der Waals surface area contributed by atoms with Crippen molar-refractivity contribution < 1.29 is 14.3 Å². The molecule has 0 radical (unpaired) electrons. The van der Waals surface area contributed by atoms with Gasteiger partial charge in [0.2, 0.25) is 5.91 Å². The summed E-state index contributed by atoms with van der Waals surface area (Å²) in [5, 5.41) is 13.8. The number of hydrogen-bond acceptors (Lipinski definition) is 5. The molecule has 168 valence electrons. The highest BCUT2D eigenvalue weighted by atomic mass is 35.5. The molecule has 0 aliphatic carbocycles. The molecule has 0 saturated carbocycles. The van der Waals surface area contributed by atoms with Gasteiger partial charge in [0.1, 0.15) is 11.9 Å². The minimum absolute atomic E-state index is 0. The SMILES string of the molecule is COc1ccc(C(Nc2ccc(C(=N)N)cc2)C(=O)NCc2ccccc2)cc1OC.Cl. The second-order valence-corrected chi connectivity index (χ2v) is 6.89. The van der Waals surface area contributed by atoms with Crippen LogP contribution in [-0.2, 0) is 11.3 Å². The summed E-state index contributed by atoms with van der Waals surface area (Å²) in [4.78, 5) is 13.2. The Morgan fingerprint density at radius 2 is 1.62 bits per heavy atom. The number of amides is 1. The first kappa shape index (κ1) is 24.6. The van der Waals surface area contributed by atoms with Gasteiger partial charge in [-0.1, -0.05) is 36.4 Å². The smallest absolute Gasteiger partial charge is 0.247 e. The summed E-state index contributed by atoms with van der Waals surface area (Å²) < 4.78 is 10.7. The Hall–Kier alpha value is -3.71. The van der Waals surface area contributed by atoms with Gasteiger partial charge in [0.05, 0.1) is 14.2 Å². The molecule has 0 aliphatic rings. The lowest BCUT2D eigenvalue weighted by atomic mass is 10.0. The molecule has 8 heteroatoms. The quantitative estimate of drug-likeness (QED) is 0.290. The number of halogens is 1. The summed E-state index contributed by atoms with van der Waals surface area (Å²) in [7, 11) is 3.12. The number of carbonyl (C=O) groups is 1. The van der Waals surface area contributed by atoms with E-state index < -0.39 is 6.04 Å². The highest BCUT2D eigenvalue weighted by Crippen LogP contribution is 2.31. The predicted molar refractivity (Wildman–Crippen MR) is 129 cm³/mol. The third-order valence-electron chi connectivity index (χ3n) is 4.82. The molecule has 32 heavy (non-hydrogen) atoms. The number of rotatable bonds is 9. The van der Waals surface area contributed by atoms with Crippen LogP contribution in [0, 0.1) is 5.41 Å². The number of methoxy groups -OCH3 is 2. The fourth-order valence-electron chi connectivity index (χ4n) is 3.13. The zero-order chi connectivity index (χ0) is 22.2. The van der Waals surface area contributed by atoms with Gasteiger partial charge in [-0.2, -0.15) is 0 Å². The van der Waals surface area contributed by atoms with Gasteiger partial charge in [0.25, 0.3) is 0 Å². The van der Waals surface area contributed by atoms with E-state index in [-0.39, 0.29) is 24.1 Å². The molecule has 1 unspecified atom stereocenters. The molecular formula is C24H27ClN4O3. The standard InChI is InChI=1S/C24H26N4O3.ClH/c1-30-20-13-10-18(14-21(20)31-2)22(24(29)27-15-16-6-4-3-5-7-16)28-19-11-8-17(9-12-19)23(25)26;/h3-14,22,28H,15H2,1-2H3,(H3,25,26)(H,27,29);1H. The zero-order valence-electron chi connectivity index (χ0n) is 17.9. The summed E-state index contributed by atoms with van der Waals surface area (Å²) in [5.41, 5.74) is 8.59. The molecule has 5 N–H and O–H groups in total. The van der Waals surface area contributed by atoms with E-state index in [0.717, 1.165) is 16.8 Å². The van der Waals surface area contributed by atoms with Crippen molar-refractivity contribution in [2.75, 3.05) is 19.5 Å². The topological polar surface area (TPSA) is 109 Å². The van der Waals surface area contributed by atoms with Gasteiger partial charge in [0, 0.05) is 17.8 Å². The predicted octanol–water partition coefficient (Wildman–Crippen LogP) is 3.88. The highest BCUT2D eigenvalue weighted by molar-refractivity contribution is 5.95. The number of hydrogen-bond donors (Lipinski definition) is 4. The second-order valence-electron chi connectivity index (χ2n) is 6.89. The van der Waals surface area contributed by atoms with Crippen molar-refractivity contribution in [1.29, 1.82) is 5.41 Å². The maximum Gasteiger partial charge on any atom is 0.247 e. The lowest BCUT2D eigenvalue weighted by Crippen LogP contribution is -2.33. The number of ether oxygens (including phenoxy) is 2. The van der Waals surface area contributed by atoms with Crippen molar-refractivity contribution in [2.24, 2.45) is 5.73 Å². The number of nitrogens with two attached hydrogens (primary N) is 1. The van der Waals surface area contributed by atoms with Crippen molar-refractivity contribution in [3.05, 3.63) is 89.5 Å². The van der Waals surface area contributed by atoms with Crippen molar-refractivity contribution in [1.82, 2.24) is 5.32 Å². The number of nitrogens with one attached hydrogen (secondary N) is 3. The molecule has 0 fully saturated rings. The molecule has 1 amide bonds. The van der Waals surface area contributed by atoms with E-state index >= 15 is 0 Å². The van der Waals surface area contributed by atoms with E-state index in [4.69, 9.17) is 20.6 Å². The van der Waals surface area contributed by atoms with E-state index in [2.05, 4.69) is 10.6 Å². The van der Waals surface area contributed by atoms with E-state index in [1.54, 1.807) is 50.6 Å². The molecule has 0 heterocycles. The fourth-order valence-corrected chi connectivity index (χ4v) is 3.13. The lowest BCUT2D eigenvalue weighted by Gasteiger charge is -2.21. The Morgan fingerprint density at radius 3 is 2.22 bits per heavy atom. The first-order valence-electron chi connectivity index (χ1n) is 9.76. The molecule has 0 spiro atoms. The van der Waals surface area contributed by atoms with E-state index in [0.29, 0.717) is 23.6 Å². The highest BCUT2D eigenvalue weighted by Gasteiger charge is 2.22. The fraction of sp³-hybridized carbons (Fsp3) is 0.167. The van der Waals surface area contributed by atoms with Crippen molar-refractivity contribution >= 4 is 29.8 Å². The van der Waals surface area contributed by atoms with Crippen LogP contribution >= 0.6 is 12.4 Å². The summed E-state index contributed by atoms with van der Waals surface area (Å²) in [6.45, 7) is 0.411. The maximum atomic E-state index is 13.2. The van der Waals surface area contributed by atoms with Crippen LogP contribution in [0.2, 0.25) is 0 Å². The zero-order valence-corrected chi connectivity index (χ0v) is 18.7. The van der Waals surface area contributed by atoms with E-state index in [1.807, 2.05) is 36.4 Å². The van der Waals surface area contributed by atoms with Crippen LogP contribution in [0.5, 0.6) is 11.5 Å². The molecule has 3 aromatic rings. The normalized spacial score (nSPS) is 10.9. The van der Waals surface area contributed by atoms with Gasteiger partial charge in [0.15, 0.2) is 11.5 Å². The number of benzene rings is 3. The Bertz CT molecular complexity index is 1040. The number of carbonyl (C=O) groups excluding carboxylic acids is 1. The van der Waals surface area contributed by atoms with E-state index in [9.17, 15) is 4.79 Å². The first-order valence-corrected chi connectivity index (χ1v) is 9.76. The Labute approximate surface area is 193 Å². The molecular weight excluding hydrogens is 428 g/mol. The second kappa shape index (κ2) is 11.6. The molecule has 0 saturated heterocycles. The van der Waals surface area contributed by atoms with Gasteiger partial charge in [-0.3, -0.25) is 10.2 Å². The van der Waals surface area contributed by atoms with Crippen molar-refractivity contribution in [2.45, 2.75) is 12.6 Å². The van der Waals surface area contributed by atoms with Crippen LogP contribution in [0.25, 0.3) is 0 Å². The van der Waals surface area contributed by atoms with Crippen LogP contribution < -0.4 is 25.8 Å². The van der Waals surface area contributed by atoms with Gasteiger partial charge >= 0.3 is 0 Å². The number of anilines is 1. The summed E-state index contributed by atoms with van der Waals surface area (Å²) in [6.07, 6.45) is 0. The lowest BCUT2D eigenvalue weighted by molar-refractivity contribution is -0.122. The summed E-state index contributed by atoms with van der Waals surface area (Å²) in [6, 6.07) is 21.5. The van der Waals surface area contributed by atoms with Crippen LogP contribution in [-0.4, -0.2) is 26.0 Å². The van der Waals surface area contributed by atoms with Gasteiger partial charge < -0.3 is 25.8 Å². The van der Waals surface area contributed by atoms with Crippen molar-refractivity contribution in [3.63, 3.8) is 0 Å². The van der Waals surface area contributed by atoms with Gasteiger partial charge in [-0.05, 0) is 47.5 Å². The molecule has 3 aromatic carbocycles. The third kappa shape index (κ3) is 6.15. The monoisotopic (exact) mass is 454 g/mol. The Kier molecular flexibility index (Phi) is 8.92.